The molecule has 3 rings (SSSR count). The van der Waals surface area contributed by atoms with Gasteiger partial charge in [0.05, 0.1) is 4.47 Å². The van der Waals surface area contributed by atoms with Crippen molar-refractivity contribution in [1.82, 2.24) is 10.2 Å². The predicted molar refractivity (Wildman–Crippen MR) is 87.1 cm³/mol. The third-order valence-corrected chi connectivity index (χ3v) is 4.82. The van der Waals surface area contributed by atoms with Gasteiger partial charge in [-0.05, 0) is 65.6 Å². The van der Waals surface area contributed by atoms with E-state index in [9.17, 15) is 0 Å². The van der Waals surface area contributed by atoms with Crippen LogP contribution in [0, 0.1) is 5.92 Å². The molecular weight excluding hydrogens is 332 g/mol. The zero-order chi connectivity index (χ0) is 14.7. The van der Waals surface area contributed by atoms with Gasteiger partial charge in [0, 0.05) is 13.1 Å². The third kappa shape index (κ3) is 3.71. The summed E-state index contributed by atoms with van der Waals surface area (Å²) in [7, 11) is 0. The molecular formula is C16H23BrN2O2. The molecule has 0 amide bonds. The molecule has 2 aliphatic rings. The topological polar surface area (TPSA) is 33.7 Å². The Morgan fingerprint density at radius 1 is 1.33 bits per heavy atom. The maximum absolute atomic E-state index is 5.66. The molecule has 4 nitrogen and oxygen atoms in total. The summed E-state index contributed by atoms with van der Waals surface area (Å²) in [6.45, 7) is 9.10. The molecule has 0 bridgehead atoms. The van der Waals surface area contributed by atoms with Crippen LogP contribution in [-0.2, 0) is 6.54 Å². The van der Waals surface area contributed by atoms with Crippen molar-refractivity contribution < 1.29 is 9.47 Å². The third-order valence-electron chi connectivity index (χ3n) is 4.24. The Morgan fingerprint density at radius 3 is 3.00 bits per heavy atom. The van der Waals surface area contributed by atoms with Gasteiger partial charge in [0.15, 0.2) is 11.5 Å². The summed E-state index contributed by atoms with van der Waals surface area (Å²) in [6, 6.07) is 4.20. The van der Waals surface area contributed by atoms with Crippen LogP contribution in [0.4, 0.5) is 0 Å². The summed E-state index contributed by atoms with van der Waals surface area (Å²) >= 11 is 3.57. The predicted octanol–water partition coefficient (Wildman–Crippen LogP) is 2.65. The molecule has 0 aliphatic carbocycles. The minimum absolute atomic E-state index is 0.624. The highest BCUT2D eigenvalue weighted by atomic mass is 79.9. The summed E-state index contributed by atoms with van der Waals surface area (Å²) in [5.41, 5.74) is 1.23. The summed E-state index contributed by atoms with van der Waals surface area (Å²) in [4.78, 5) is 2.52. The van der Waals surface area contributed by atoms with Crippen LogP contribution in [0.3, 0.4) is 0 Å². The quantitative estimate of drug-likeness (QED) is 0.881. The molecule has 1 aromatic carbocycles. The molecule has 5 heteroatoms. The average molecular weight is 355 g/mol. The molecule has 2 aliphatic heterocycles. The van der Waals surface area contributed by atoms with Crippen LogP contribution in [0.1, 0.15) is 18.9 Å². The minimum Gasteiger partial charge on any atom is -0.486 e. The number of ether oxygens (including phenoxy) is 2. The number of hydrogen-bond donors (Lipinski definition) is 1. The molecule has 0 saturated carbocycles. The van der Waals surface area contributed by atoms with Gasteiger partial charge in [-0.15, -0.1) is 0 Å². The Labute approximate surface area is 134 Å². The average Bonchev–Trinajstić information content (AvgIpc) is 2.95. The van der Waals surface area contributed by atoms with Crippen LogP contribution in [0.25, 0.3) is 0 Å². The fraction of sp³-hybridized carbons (Fsp3) is 0.625. The van der Waals surface area contributed by atoms with Gasteiger partial charge in [-0.3, -0.25) is 0 Å². The number of hydrogen-bond acceptors (Lipinski definition) is 4. The van der Waals surface area contributed by atoms with E-state index < -0.39 is 0 Å². The van der Waals surface area contributed by atoms with Crippen molar-refractivity contribution in [2.45, 2.75) is 19.9 Å². The molecule has 2 heterocycles. The first kappa shape index (κ1) is 15.1. The molecule has 1 N–H and O–H groups in total. The van der Waals surface area contributed by atoms with Gasteiger partial charge < -0.3 is 19.7 Å². The van der Waals surface area contributed by atoms with Gasteiger partial charge in [0.2, 0.25) is 0 Å². The molecule has 21 heavy (non-hydrogen) atoms. The molecule has 1 atom stereocenters. The van der Waals surface area contributed by atoms with Gasteiger partial charge in [-0.25, -0.2) is 0 Å². The first-order chi connectivity index (χ1) is 10.3. The van der Waals surface area contributed by atoms with Crippen LogP contribution >= 0.6 is 15.9 Å². The second-order valence-corrected chi connectivity index (χ2v) is 6.63. The van der Waals surface area contributed by atoms with Crippen LogP contribution in [0.15, 0.2) is 16.6 Å². The number of benzene rings is 1. The smallest absolute Gasteiger partial charge is 0.175 e. The van der Waals surface area contributed by atoms with Crippen molar-refractivity contribution in [1.29, 1.82) is 0 Å². The number of nitrogens with zero attached hydrogens (tertiary/aromatic N) is 1. The Morgan fingerprint density at radius 2 is 2.19 bits per heavy atom. The Hall–Kier alpha value is -0.780. The van der Waals surface area contributed by atoms with E-state index in [1.54, 1.807) is 0 Å². The zero-order valence-corrected chi connectivity index (χ0v) is 14.1. The van der Waals surface area contributed by atoms with E-state index in [1.807, 2.05) is 0 Å². The van der Waals surface area contributed by atoms with Crippen molar-refractivity contribution in [3.8, 4) is 11.5 Å². The lowest BCUT2D eigenvalue weighted by molar-refractivity contribution is 0.170. The van der Waals surface area contributed by atoms with E-state index in [0.717, 1.165) is 35.0 Å². The number of nitrogens with one attached hydrogen (secondary N) is 1. The highest BCUT2D eigenvalue weighted by Crippen LogP contribution is 2.38. The van der Waals surface area contributed by atoms with E-state index in [2.05, 4.69) is 45.2 Å². The lowest BCUT2D eigenvalue weighted by Gasteiger charge is -2.20. The standard InChI is InChI=1S/C16H23BrN2O2/c1-2-19-4-3-12(11-19)9-18-10-13-7-14(17)16-15(8-13)20-5-6-21-16/h7-8,12,18H,2-6,9-11H2,1H3. The number of rotatable bonds is 5. The minimum atomic E-state index is 0.624. The number of halogens is 1. The fourth-order valence-electron chi connectivity index (χ4n) is 3.05. The molecule has 0 radical (unpaired) electrons. The van der Waals surface area contributed by atoms with Gasteiger partial charge in [0.25, 0.3) is 0 Å². The lowest BCUT2D eigenvalue weighted by atomic mass is 10.1. The highest BCUT2D eigenvalue weighted by Gasteiger charge is 2.21. The second kappa shape index (κ2) is 6.99. The monoisotopic (exact) mass is 354 g/mol. The van der Waals surface area contributed by atoms with Gasteiger partial charge in [-0.2, -0.15) is 0 Å². The molecule has 1 unspecified atom stereocenters. The fourth-order valence-corrected chi connectivity index (χ4v) is 3.66. The Kier molecular flexibility index (Phi) is 5.03. The summed E-state index contributed by atoms with van der Waals surface area (Å²) in [6.07, 6.45) is 1.31. The summed E-state index contributed by atoms with van der Waals surface area (Å²) in [5.74, 6) is 2.47. The van der Waals surface area contributed by atoms with E-state index in [0.29, 0.717) is 13.2 Å². The maximum atomic E-state index is 5.66. The molecule has 1 fully saturated rings. The first-order valence-electron chi connectivity index (χ1n) is 7.77. The van der Waals surface area contributed by atoms with Gasteiger partial charge in [-0.1, -0.05) is 6.92 Å². The van der Waals surface area contributed by atoms with Crippen LogP contribution < -0.4 is 14.8 Å². The van der Waals surface area contributed by atoms with Crippen LogP contribution in [0.2, 0.25) is 0 Å². The Balaban J connectivity index is 1.53. The normalized spacial score (nSPS) is 21.7. The van der Waals surface area contributed by atoms with Crippen molar-refractivity contribution in [2.75, 3.05) is 39.4 Å². The first-order valence-corrected chi connectivity index (χ1v) is 8.56. The highest BCUT2D eigenvalue weighted by molar-refractivity contribution is 9.10. The molecule has 1 saturated heterocycles. The largest absolute Gasteiger partial charge is 0.486 e. The van der Waals surface area contributed by atoms with Crippen molar-refractivity contribution in [3.05, 3.63) is 22.2 Å². The van der Waals surface area contributed by atoms with E-state index in [-0.39, 0.29) is 0 Å². The van der Waals surface area contributed by atoms with Crippen LogP contribution in [0.5, 0.6) is 11.5 Å². The number of likely N-dealkylation sites (tertiary alicyclic amines) is 1. The van der Waals surface area contributed by atoms with E-state index >= 15 is 0 Å². The molecule has 0 aromatic heterocycles. The van der Waals surface area contributed by atoms with Gasteiger partial charge >= 0.3 is 0 Å². The SMILES string of the molecule is CCN1CCC(CNCc2cc(Br)c3c(c2)OCCO3)C1. The van der Waals surface area contributed by atoms with Gasteiger partial charge in [0.1, 0.15) is 13.2 Å². The van der Waals surface area contributed by atoms with Crippen LogP contribution in [-0.4, -0.2) is 44.3 Å². The van der Waals surface area contributed by atoms with Crippen molar-refractivity contribution in [3.63, 3.8) is 0 Å². The molecule has 0 spiro atoms. The lowest BCUT2D eigenvalue weighted by Crippen LogP contribution is -2.26. The number of fused-ring (bicyclic) bond motifs is 1. The van der Waals surface area contributed by atoms with Crippen molar-refractivity contribution >= 4 is 15.9 Å². The summed E-state index contributed by atoms with van der Waals surface area (Å²) in [5, 5.41) is 3.58. The molecule has 1 aromatic rings. The van der Waals surface area contributed by atoms with E-state index in [4.69, 9.17) is 9.47 Å². The zero-order valence-electron chi connectivity index (χ0n) is 12.5. The maximum Gasteiger partial charge on any atom is 0.175 e. The Bertz CT molecular complexity index is 495. The molecule has 116 valence electrons. The van der Waals surface area contributed by atoms with Crippen molar-refractivity contribution in [2.24, 2.45) is 5.92 Å². The van der Waals surface area contributed by atoms with E-state index in [1.165, 1.54) is 31.6 Å². The summed E-state index contributed by atoms with van der Waals surface area (Å²) < 4.78 is 12.3. The second-order valence-electron chi connectivity index (χ2n) is 5.78.